The molecule has 3 nitrogen and oxygen atoms in total. The summed E-state index contributed by atoms with van der Waals surface area (Å²) < 4.78 is 6.02. The Hall–Kier alpha value is -1.29. The Morgan fingerprint density at radius 1 is 1.47 bits per heavy atom. The van der Waals surface area contributed by atoms with Crippen LogP contribution >= 0.6 is 15.9 Å². The Labute approximate surface area is 108 Å². The van der Waals surface area contributed by atoms with Crippen molar-refractivity contribution in [1.29, 1.82) is 0 Å². The van der Waals surface area contributed by atoms with Gasteiger partial charge >= 0.3 is 5.97 Å². The number of nitrogens with one attached hydrogen (secondary N) is 1. The van der Waals surface area contributed by atoms with Gasteiger partial charge < -0.3 is 9.72 Å². The Morgan fingerprint density at radius 3 is 2.94 bits per heavy atom. The molecule has 0 spiro atoms. The van der Waals surface area contributed by atoms with E-state index in [0.29, 0.717) is 13.0 Å². The third-order valence-corrected chi connectivity index (χ3v) is 3.54. The second kappa shape index (κ2) is 4.92. The number of halogens is 1. The van der Waals surface area contributed by atoms with Gasteiger partial charge in [-0.15, -0.1) is 0 Å². The van der Waals surface area contributed by atoms with Crippen LogP contribution in [0.5, 0.6) is 0 Å². The number of esters is 1. The predicted molar refractivity (Wildman–Crippen MR) is 71.1 cm³/mol. The second-order valence-electron chi connectivity index (χ2n) is 3.94. The number of benzene rings is 1. The lowest BCUT2D eigenvalue weighted by atomic mass is 10.1. The van der Waals surface area contributed by atoms with Gasteiger partial charge in [-0.25, -0.2) is 0 Å². The van der Waals surface area contributed by atoms with Gasteiger partial charge in [0.25, 0.3) is 0 Å². The molecule has 2 rings (SSSR count). The SMILES string of the molecule is CCOC(=O)Cc1c[nH]c2cc(Br)c(C)cc12. The summed E-state index contributed by atoms with van der Waals surface area (Å²) in [5, 5.41) is 1.08. The quantitative estimate of drug-likeness (QED) is 0.883. The van der Waals surface area contributed by atoms with Gasteiger partial charge in [-0.2, -0.15) is 0 Å². The summed E-state index contributed by atoms with van der Waals surface area (Å²) in [7, 11) is 0. The van der Waals surface area contributed by atoms with Crippen molar-refractivity contribution in [2.24, 2.45) is 0 Å². The fraction of sp³-hybridized carbons (Fsp3) is 0.308. The summed E-state index contributed by atoms with van der Waals surface area (Å²) in [5.41, 5.74) is 3.16. The van der Waals surface area contributed by atoms with Crippen LogP contribution in [0.4, 0.5) is 0 Å². The Morgan fingerprint density at radius 2 is 2.24 bits per heavy atom. The molecule has 0 atom stereocenters. The van der Waals surface area contributed by atoms with Crippen LogP contribution in [0.3, 0.4) is 0 Å². The van der Waals surface area contributed by atoms with Gasteiger partial charge in [0.1, 0.15) is 0 Å². The molecule has 1 aromatic carbocycles. The topological polar surface area (TPSA) is 42.1 Å². The van der Waals surface area contributed by atoms with Crippen molar-refractivity contribution in [2.75, 3.05) is 6.61 Å². The van der Waals surface area contributed by atoms with E-state index in [1.165, 1.54) is 0 Å². The fourth-order valence-electron chi connectivity index (χ4n) is 1.82. The molecule has 1 N–H and O–H groups in total. The maximum absolute atomic E-state index is 11.5. The van der Waals surface area contributed by atoms with Gasteiger partial charge in [-0.1, -0.05) is 15.9 Å². The predicted octanol–water partition coefficient (Wildman–Crippen LogP) is 3.34. The van der Waals surface area contributed by atoms with Crippen LogP contribution in [0.1, 0.15) is 18.1 Å². The highest BCUT2D eigenvalue weighted by Gasteiger charge is 2.10. The average molecular weight is 296 g/mol. The van der Waals surface area contributed by atoms with E-state index in [2.05, 4.69) is 27.0 Å². The number of hydrogen-bond acceptors (Lipinski definition) is 2. The van der Waals surface area contributed by atoms with Crippen molar-refractivity contribution in [2.45, 2.75) is 20.3 Å². The Bertz CT molecular complexity index is 560. The van der Waals surface area contributed by atoms with Crippen molar-refractivity contribution >= 4 is 32.8 Å². The highest BCUT2D eigenvalue weighted by molar-refractivity contribution is 9.10. The van der Waals surface area contributed by atoms with Crippen molar-refractivity contribution in [1.82, 2.24) is 4.98 Å². The lowest BCUT2D eigenvalue weighted by molar-refractivity contribution is -0.142. The van der Waals surface area contributed by atoms with Gasteiger partial charge in [0.2, 0.25) is 0 Å². The first-order valence-electron chi connectivity index (χ1n) is 5.53. The number of hydrogen-bond donors (Lipinski definition) is 1. The summed E-state index contributed by atoms with van der Waals surface area (Å²) in [6.07, 6.45) is 2.18. The maximum atomic E-state index is 11.5. The molecule has 0 bridgehead atoms. The van der Waals surface area contributed by atoms with Crippen LogP contribution in [0.15, 0.2) is 22.8 Å². The van der Waals surface area contributed by atoms with Gasteiger partial charge in [-0.3, -0.25) is 4.79 Å². The molecule has 17 heavy (non-hydrogen) atoms. The number of aromatic amines is 1. The van der Waals surface area contributed by atoms with E-state index in [-0.39, 0.29) is 5.97 Å². The first-order valence-corrected chi connectivity index (χ1v) is 6.33. The maximum Gasteiger partial charge on any atom is 0.310 e. The molecule has 4 heteroatoms. The first kappa shape index (κ1) is 12.2. The van der Waals surface area contributed by atoms with Gasteiger partial charge in [0.15, 0.2) is 0 Å². The van der Waals surface area contributed by atoms with Crippen LogP contribution in [-0.2, 0) is 16.0 Å². The third-order valence-electron chi connectivity index (χ3n) is 2.69. The summed E-state index contributed by atoms with van der Waals surface area (Å²) in [6, 6.07) is 4.10. The van der Waals surface area contributed by atoms with Crippen LogP contribution in [0, 0.1) is 6.92 Å². The summed E-state index contributed by atoms with van der Waals surface area (Å²) >= 11 is 3.49. The molecule has 2 aromatic rings. The molecule has 0 fully saturated rings. The smallest absolute Gasteiger partial charge is 0.310 e. The van der Waals surface area contributed by atoms with Crippen molar-refractivity contribution in [3.05, 3.63) is 33.9 Å². The minimum Gasteiger partial charge on any atom is -0.466 e. The zero-order valence-corrected chi connectivity index (χ0v) is 11.4. The monoisotopic (exact) mass is 295 g/mol. The molecule has 0 aliphatic rings. The highest BCUT2D eigenvalue weighted by atomic mass is 79.9. The third kappa shape index (κ3) is 2.52. The number of H-pyrrole nitrogens is 1. The molecular weight excluding hydrogens is 282 g/mol. The Balaban J connectivity index is 2.36. The number of ether oxygens (including phenoxy) is 1. The minimum atomic E-state index is -0.186. The second-order valence-corrected chi connectivity index (χ2v) is 4.80. The molecule has 0 saturated heterocycles. The van der Waals surface area contributed by atoms with Crippen molar-refractivity contribution in [3.8, 4) is 0 Å². The number of carbonyl (C=O) groups excluding carboxylic acids is 1. The minimum absolute atomic E-state index is 0.186. The number of fused-ring (bicyclic) bond motifs is 1. The van der Waals surface area contributed by atoms with E-state index < -0.39 is 0 Å². The van der Waals surface area contributed by atoms with Crippen molar-refractivity contribution < 1.29 is 9.53 Å². The molecule has 90 valence electrons. The van der Waals surface area contributed by atoms with Gasteiger partial charge in [0, 0.05) is 21.6 Å². The zero-order chi connectivity index (χ0) is 12.4. The molecule has 0 aliphatic heterocycles. The summed E-state index contributed by atoms with van der Waals surface area (Å²) in [5.74, 6) is -0.186. The number of carbonyl (C=O) groups is 1. The molecular formula is C13H14BrNO2. The van der Waals surface area contributed by atoms with Crippen molar-refractivity contribution in [3.63, 3.8) is 0 Å². The first-order chi connectivity index (χ1) is 8.11. The van der Waals surface area contributed by atoms with E-state index in [1.807, 2.05) is 26.1 Å². The van der Waals surface area contributed by atoms with Crippen LogP contribution in [0.2, 0.25) is 0 Å². The lowest BCUT2D eigenvalue weighted by Gasteiger charge is -2.02. The zero-order valence-electron chi connectivity index (χ0n) is 9.84. The Kier molecular flexibility index (Phi) is 3.52. The number of aryl methyl sites for hydroxylation is 1. The van der Waals surface area contributed by atoms with E-state index in [0.717, 1.165) is 26.5 Å². The van der Waals surface area contributed by atoms with Crippen LogP contribution < -0.4 is 0 Å². The molecule has 0 aliphatic carbocycles. The fourth-order valence-corrected chi connectivity index (χ4v) is 2.17. The highest BCUT2D eigenvalue weighted by Crippen LogP contribution is 2.26. The average Bonchev–Trinajstić information content (AvgIpc) is 2.63. The number of aromatic nitrogens is 1. The van der Waals surface area contributed by atoms with Crippen LogP contribution in [0.25, 0.3) is 10.9 Å². The standard InChI is InChI=1S/C13H14BrNO2/c1-3-17-13(16)5-9-7-15-12-6-11(14)8(2)4-10(9)12/h4,6-7,15H,3,5H2,1-2H3. The van der Waals surface area contributed by atoms with E-state index in [1.54, 1.807) is 0 Å². The number of rotatable bonds is 3. The molecule has 1 aromatic heterocycles. The molecule has 0 amide bonds. The van der Waals surface area contributed by atoms with E-state index in [9.17, 15) is 4.79 Å². The molecule has 1 heterocycles. The van der Waals surface area contributed by atoms with Gasteiger partial charge in [-0.05, 0) is 37.1 Å². The largest absolute Gasteiger partial charge is 0.466 e. The van der Waals surface area contributed by atoms with E-state index in [4.69, 9.17) is 4.74 Å². The lowest BCUT2D eigenvalue weighted by Crippen LogP contribution is -2.06. The summed E-state index contributed by atoms with van der Waals surface area (Å²) in [6.45, 7) is 4.27. The van der Waals surface area contributed by atoms with E-state index >= 15 is 0 Å². The summed E-state index contributed by atoms with van der Waals surface area (Å²) in [4.78, 5) is 14.6. The van der Waals surface area contributed by atoms with Gasteiger partial charge in [0.05, 0.1) is 13.0 Å². The molecule has 0 unspecified atom stereocenters. The molecule has 0 saturated carbocycles. The van der Waals surface area contributed by atoms with Crippen LogP contribution in [-0.4, -0.2) is 17.6 Å². The molecule has 0 radical (unpaired) electrons. The normalized spacial score (nSPS) is 10.8.